The average Bonchev–Trinajstić information content (AvgIpc) is 3.43. The van der Waals surface area contributed by atoms with Gasteiger partial charge in [0.1, 0.15) is 0 Å². The van der Waals surface area contributed by atoms with Crippen LogP contribution in [0.4, 0.5) is 0 Å². The molecule has 0 aliphatic carbocycles. The Kier molecular flexibility index (Phi) is 5.04. The normalized spacial score (nSPS) is 17.6. The minimum Gasteiger partial charge on any atom is -0.365 e. The zero-order chi connectivity index (χ0) is 18.8. The molecule has 27 heavy (non-hydrogen) atoms. The zero-order valence-electron chi connectivity index (χ0n) is 15.1. The van der Waals surface area contributed by atoms with Crippen molar-refractivity contribution in [2.45, 2.75) is 32.3 Å². The molecule has 3 aromatic heterocycles. The SMILES string of the molecule is CC(C)c1cc(C(=O)N2CCO[C@@H](c3nc(Cc4cccs4)no3)C2)on1. The fourth-order valence-electron chi connectivity index (χ4n) is 2.84. The molecule has 0 aromatic carbocycles. The second kappa shape index (κ2) is 7.61. The Morgan fingerprint density at radius 1 is 1.37 bits per heavy atom. The van der Waals surface area contributed by atoms with Gasteiger partial charge in [0.2, 0.25) is 5.76 Å². The molecular weight excluding hydrogens is 368 g/mol. The quantitative estimate of drug-likeness (QED) is 0.663. The van der Waals surface area contributed by atoms with Crippen molar-refractivity contribution in [3.05, 3.63) is 51.6 Å². The highest BCUT2D eigenvalue weighted by molar-refractivity contribution is 7.09. The van der Waals surface area contributed by atoms with Gasteiger partial charge in [-0.3, -0.25) is 4.79 Å². The van der Waals surface area contributed by atoms with E-state index in [2.05, 4.69) is 15.3 Å². The van der Waals surface area contributed by atoms with Crippen LogP contribution in [0.25, 0.3) is 0 Å². The molecule has 0 bridgehead atoms. The summed E-state index contributed by atoms with van der Waals surface area (Å²) >= 11 is 1.65. The van der Waals surface area contributed by atoms with Crippen LogP contribution in [0, 0.1) is 0 Å². The fourth-order valence-corrected chi connectivity index (χ4v) is 3.54. The maximum absolute atomic E-state index is 12.7. The molecule has 0 N–H and O–H groups in total. The van der Waals surface area contributed by atoms with Crippen LogP contribution in [0.2, 0.25) is 0 Å². The first-order valence-corrected chi connectivity index (χ1v) is 9.70. The lowest BCUT2D eigenvalue weighted by Gasteiger charge is -2.30. The standard InChI is InChI=1S/C18H20N4O4S/c1-11(2)13-9-14(25-20-13)18(23)22-5-6-24-15(10-22)17-19-16(21-26-17)8-12-4-3-7-27-12/h3-4,7,9,11,15H,5-6,8,10H2,1-2H3/t15-/m1/s1. The van der Waals surface area contributed by atoms with Crippen LogP contribution in [-0.4, -0.2) is 45.8 Å². The summed E-state index contributed by atoms with van der Waals surface area (Å²) in [7, 11) is 0. The van der Waals surface area contributed by atoms with Crippen molar-refractivity contribution < 1.29 is 18.6 Å². The molecular formula is C18H20N4O4S. The molecule has 4 rings (SSSR count). The van der Waals surface area contributed by atoms with Gasteiger partial charge in [-0.1, -0.05) is 30.2 Å². The molecule has 0 unspecified atom stereocenters. The van der Waals surface area contributed by atoms with Crippen molar-refractivity contribution in [3.8, 4) is 0 Å². The van der Waals surface area contributed by atoms with E-state index in [1.54, 1.807) is 22.3 Å². The lowest BCUT2D eigenvalue weighted by Crippen LogP contribution is -2.42. The maximum Gasteiger partial charge on any atom is 0.292 e. The third-order valence-electron chi connectivity index (χ3n) is 4.36. The first-order valence-electron chi connectivity index (χ1n) is 8.82. The molecule has 3 aromatic rings. The van der Waals surface area contributed by atoms with E-state index in [1.807, 2.05) is 31.4 Å². The molecule has 1 atom stereocenters. The summed E-state index contributed by atoms with van der Waals surface area (Å²) in [6.07, 6.45) is 0.173. The summed E-state index contributed by atoms with van der Waals surface area (Å²) in [5.41, 5.74) is 0.762. The predicted octanol–water partition coefficient (Wildman–Crippen LogP) is 3.05. The van der Waals surface area contributed by atoms with Gasteiger partial charge in [-0.25, -0.2) is 0 Å². The summed E-state index contributed by atoms with van der Waals surface area (Å²) < 4.78 is 16.3. The second-order valence-electron chi connectivity index (χ2n) is 6.69. The molecule has 1 saturated heterocycles. The first-order chi connectivity index (χ1) is 13.1. The molecule has 4 heterocycles. The Morgan fingerprint density at radius 3 is 3.00 bits per heavy atom. The molecule has 1 aliphatic heterocycles. The third kappa shape index (κ3) is 3.93. The van der Waals surface area contributed by atoms with E-state index >= 15 is 0 Å². The van der Waals surface area contributed by atoms with E-state index in [4.69, 9.17) is 13.8 Å². The number of carbonyl (C=O) groups excluding carboxylic acids is 1. The highest BCUT2D eigenvalue weighted by Crippen LogP contribution is 2.24. The van der Waals surface area contributed by atoms with E-state index in [9.17, 15) is 4.79 Å². The van der Waals surface area contributed by atoms with Crippen LogP contribution in [-0.2, 0) is 11.2 Å². The topological polar surface area (TPSA) is 94.5 Å². The third-order valence-corrected chi connectivity index (χ3v) is 5.23. The summed E-state index contributed by atoms with van der Waals surface area (Å²) in [6.45, 7) is 5.20. The highest BCUT2D eigenvalue weighted by Gasteiger charge is 2.31. The van der Waals surface area contributed by atoms with Crippen LogP contribution < -0.4 is 0 Å². The van der Waals surface area contributed by atoms with Crippen LogP contribution in [0.15, 0.2) is 32.6 Å². The van der Waals surface area contributed by atoms with Crippen molar-refractivity contribution in [3.63, 3.8) is 0 Å². The van der Waals surface area contributed by atoms with Crippen LogP contribution in [0.5, 0.6) is 0 Å². The summed E-state index contributed by atoms with van der Waals surface area (Å²) in [5.74, 6) is 1.23. The van der Waals surface area contributed by atoms with E-state index in [-0.39, 0.29) is 17.6 Å². The van der Waals surface area contributed by atoms with Crippen molar-refractivity contribution in [2.24, 2.45) is 0 Å². The maximum atomic E-state index is 12.7. The zero-order valence-corrected chi connectivity index (χ0v) is 15.9. The predicted molar refractivity (Wildman–Crippen MR) is 96.6 cm³/mol. The molecule has 9 heteroatoms. The lowest BCUT2D eigenvalue weighted by atomic mass is 10.1. The summed E-state index contributed by atoms with van der Waals surface area (Å²) in [6, 6.07) is 5.72. The Labute approximate surface area is 160 Å². The Balaban J connectivity index is 1.43. The number of hydrogen-bond donors (Lipinski definition) is 0. The van der Waals surface area contributed by atoms with Gasteiger partial charge in [-0.05, 0) is 17.4 Å². The van der Waals surface area contributed by atoms with Crippen molar-refractivity contribution in [1.82, 2.24) is 20.2 Å². The lowest BCUT2D eigenvalue weighted by molar-refractivity contribution is -0.0376. The number of rotatable bonds is 5. The number of aromatic nitrogens is 3. The van der Waals surface area contributed by atoms with Crippen LogP contribution in [0.3, 0.4) is 0 Å². The largest absolute Gasteiger partial charge is 0.365 e. The van der Waals surface area contributed by atoms with Gasteiger partial charge < -0.3 is 18.7 Å². The number of hydrogen-bond acceptors (Lipinski definition) is 8. The number of morpholine rings is 1. The number of ether oxygens (including phenoxy) is 1. The van der Waals surface area contributed by atoms with Crippen molar-refractivity contribution >= 4 is 17.2 Å². The average molecular weight is 388 g/mol. The van der Waals surface area contributed by atoms with Crippen molar-refractivity contribution in [1.29, 1.82) is 0 Å². The minimum atomic E-state index is -0.445. The summed E-state index contributed by atoms with van der Waals surface area (Å²) in [4.78, 5) is 20.0. The molecule has 142 valence electrons. The minimum absolute atomic E-state index is 0.202. The molecule has 8 nitrogen and oxygen atoms in total. The van der Waals surface area contributed by atoms with E-state index in [0.717, 1.165) is 10.6 Å². The molecule has 0 spiro atoms. The van der Waals surface area contributed by atoms with E-state index in [1.165, 1.54) is 0 Å². The van der Waals surface area contributed by atoms with Crippen molar-refractivity contribution in [2.75, 3.05) is 19.7 Å². The van der Waals surface area contributed by atoms with Gasteiger partial charge in [-0.15, -0.1) is 11.3 Å². The van der Waals surface area contributed by atoms with E-state index < -0.39 is 6.10 Å². The van der Waals surface area contributed by atoms with E-state index in [0.29, 0.717) is 37.8 Å². The van der Waals surface area contributed by atoms with Gasteiger partial charge in [-0.2, -0.15) is 4.98 Å². The van der Waals surface area contributed by atoms with Gasteiger partial charge in [0.05, 0.1) is 18.8 Å². The summed E-state index contributed by atoms with van der Waals surface area (Å²) in [5, 5.41) is 9.99. The molecule has 1 amide bonds. The fraction of sp³-hybridized carbons (Fsp3) is 0.444. The molecule has 1 aliphatic rings. The van der Waals surface area contributed by atoms with Gasteiger partial charge in [0.25, 0.3) is 11.8 Å². The van der Waals surface area contributed by atoms with Gasteiger partial charge in [0, 0.05) is 23.9 Å². The highest BCUT2D eigenvalue weighted by atomic mass is 32.1. The number of nitrogens with zero attached hydrogens (tertiary/aromatic N) is 4. The monoisotopic (exact) mass is 388 g/mol. The smallest absolute Gasteiger partial charge is 0.292 e. The van der Waals surface area contributed by atoms with Gasteiger partial charge in [0.15, 0.2) is 11.9 Å². The number of thiophene rings is 1. The van der Waals surface area contributed by atoms with Gasteiger partial charge >= 0.3 is 0 Å². The second-order valence-corrected chi connectivity index (χ2v) is 7.72. The molecule has 1 fully saturated rings. The van der Waals surface area contributed by atoms with Crippen LogP contribution >= 0.6 is 11.3 Å². The first kappa shape index (κ1) is 17.9. The molecule has 0 saturated carbocycles. The van der Waals surface area contributed by atoms with Crippen LogP contribution in [0.1, 0.15) is 58.7 Å². The Hall–Kier alpha value is -2.52. The molecule has 0 radical (unpaired) electrons. The Bertz CT molecular complexity index is 902. The Morgan fingerprint density at radius 2 is 2.26 bits per heavy atom. The number of amides is 1. The number of carbonyl (C=O) groups is 1.